The molecular formula is C52H91NO7. The number of carboxylic acid groups (broad SMARTS) is 1. The third-order valence-corrected chi connectivity index (χ3v) is 10.7. The summed E-state index contributed by atoms with van der Waals surface area (Å²) in [7, 11) is 5.38. The van der Waals surface area contributed by atoms with Crippen molar-refractivity contribution in [3.63, 3.8) is 0 Å². The summed E-state index contributed by atoms with van der Waals surface area (Å²) in [5, 5.41) is 11.6. The highest BCUT2D eigenvalue weighted by molar-refractivity contribution is 5.71. The maximum atomic E-state index is 12.7. The molecule has 0 aromatic heterocycles. The molecule has 346 valence electrons. The van der Waals surface area contributed by atoms with Crippen LogP contribution in [0.5, 0.6) is 0 Å². The molecule has 60 heavy (non-hydrogen) atoms. The van der Waals surface area contributed by atoms with E-state index in [4.69, 9.17) is 14.2 Å². The highest BCUT2D eigenvalue weighted by atomic mass is 16.6. The van der Waals surface area contributed by atoms with Crippen LogP contribution in [0.1, 0.15) is 200 Å². The van der Waals surface area contributed by atoms with Crippen LogP contribution in [0.25, 0.3) is 0 Å². The summed E-state index contributed by atoms with van der Waals surface area (Å²) in [5.41, 5.74) is 0. The van der Waals surface area contributed by atoms with Crippen molar-refractivity contribution < 1.29 is 38.2 Å². The van der Waals surface area contributed by atoms with Gasteiger partial charge in [0.2, 0.25) is 0 Å². The number of carbonyl (C=O) groups excluding carboxylic acids is 3. The number of likely N-dealkylation sites (N-methyl/N-ethyl adjacent to an activating group) is 1. The van der Waals surface area contributed by atoms with Gasteiger partial charge < -0.3 is 28.6 Å². The van der Waals surface area contributed by atoms with E-state index in [0.717, 1.165) is 44.9 Å². The summed E-state index contributed by atoms with van der Waals surface area (Å²) in [6, 6.07) is -0.743. The number of esters is 2. The molecule has 0 saturated heterocycles. The molecule has 0 aliphatic heterocycles. The first-order valence-corrected chi connectivity index (χ1v) is 24.3. The van der Waals surface area contributed by atoms with E-state index >= 15 is 0 Å². The SMILES string of the molecule is CC/C=C\C/C=C\C/C=C\C/C=C\C/C=C\CC(=O)OC(COCCC(C(=O)[O-])[N+](C)(C)C)COC(=O)CCCCCCCCCCCCCCCCCCCCCCC. The van der Waals surface area contributed by atoms with E-state index < -0.39 is 24.1 Å². The second kappa shape index (κ2) is 42.7. The molecule has 0 N–H and O–H groups in total. The van der Waals surface area contributed by atoms with Crippen molar-refractivity contribution in [1.29, 1.82) is 0 Å². The van der Waals surface area contributed by atoms with Crippen LogP contribution >= 0.6 is 0 Å². The molecule has 0 aromatic carbocycles. The molecule has 0 amide bonds. The molecule has 0 saturated carbocycles. The van der Waals surface area contributed by atoms with Gasteiger partial charge in [-0.3, -0.25) is 9.59 Å². The van der Waals surface area contributed by atoms with E-state index in [1.165, 1.54) is 116 Å². The molecule has 0 aromatic rings. The van der Waals surface area contributed by atoms with Gasteiger partial charge in [-0.15, -0.1) is 0 Å². The average molecular weight is 842 g/mol. The number of nitrogens with zero attached hydrogens (tertiary/aromatic N) is 1. The fraction of sp³-hybridized carbons (Fsp3) is 0.750. The fourth-order valence-electron chi connectivity index (χ4n) is 6.97. The van der Waals surface area contributed by atoms with Crippen molar-refractivity contribution in [1.82, 2.24) is 0 Å². The van der Waals surface area contributed by atoms with Crippen molar-refractivity contribution >= 4 is 17.9 Å². The minimum absolute atomic E-state index is 0.000947. The topological polar surface area (TPSA) is 102 Å². The lowest BCUT2D eigenvalue weighted by atomic mass is 10.0. The Balaban J connectivity index is 4.32. The third-order valence-electron chi connectivity index (χ3n) is 10.7. The molecular weight excluding hydrogens is 751 g/mol. The van der Waals surface area contributed by atoms with Gasteiger partial charge in [-0.25, -0.2) is 0 Å². The first-order chi connectivity index (χ1) is 29.1. The van der Waals surface area contributed by atoms with E-state index in [9.17, 15) is 19.5 Å². The molecule has 0 aliphatic rings. The summed E-state index contributed by atoms with van der Waals surface area (Å²) < 4.78 is 17.1. The zero-order valence-corrected chi connectivity index (χ0v) is 39.4. The predicted octanol–water partition coefficient (Wildman–Crippen LogP) is 12.4. The molecule has 2 atom stereocenters. The number of hydrogen-bond acceptors (Lipinski definition) is 7. The van der Waals surface area contributed by atoms with Crippen molar-refractivity contribution in [2.24, 2.45) is 0 Å². The molecule has 0 fully saturated rings. The van der Waals surface area contributed by atoms with Crippen LogP contribution in [0.2, 0.25) is 0 Å². The normalized spacial score (nSPS) is 13.4. The van der Waals surface area contributed by atoms with Gasteiger partial charge in [-0.2, -0.15) is 0 Å². The molecule has 0 rings (SSSR count). The number of hydrogen-bond donors (Lipinski definition) is 0. The van der Waals surface area contributed by atoms with Gasteiger partial charge >= 0.3 is 11.9 Å². The van der Waals surface area contributed by atoms with Crippen LogP contribution in [-0.2, 0) is 28.6 Å². The molecule has 8 nitrogen and oxygen atoms in total. The van der Waals surface area contributed by atoms with Crippen molar-refractivity contribution in [3.8, 4) is 0 Å². The second-order valence-corrected chi connectivity index (χ2v) is 17.3. The van der Waals surface area contributed by atoms with Gasteiger partial charge in [0, 0.05) is 12.8 Å². The molecule has 2 unspecified atom stereocenters. The average Bonchev–Trinajstić information content (AvgIpc) is 3.21. The highest BCUT2D eigenvalue weighted by Crippen LogP contribution is 2.16. The summed E-state index contributed by atoms with van der Waals surface area (Å²) in [6.07, 6.45) is 52.9. The minimum Gasteiger partial charge on any atom is -0.544 e. The number of carbonyl (C=O) groups is 3. The molecule has 0 bridgehead atoms. The fourth-order valence-corrected chi connectivity index (χ4v) is 6.97. The van der Waals surface area contributed by atoms with Crippen molar-refractivity contribution in [2.75, 3.05) is 41.0 Å². The Hall–Kier alpha value is -2.97. The Bertz CT molecular complexity index is 1170. The lowest BCUT2D eigenvalue weighted by molar-refractivity contribution is -0.889. The Labute approximate surface area is 368 Å². The monoisotopic (exact) mass is 842 g/mol. The zero-order chi connectivity index (χ0) is 44.2. The van der Waals surface area contributed by atoms with E-state index in [0.29, 0.717) is 12.8 Å². The summed E-state index contributed by atoms with van der Waals surface area (Å²) in [6.45, 7) is 4.46. The zero-order valence-electron chi connectivity index (χ0n) is 39.4. The third kappa shape index (κ3) is 40.4. The number of rotatable bonds is 43. The number of quaternary nitrogens is 1. The van der Waals surface area contributed by atoms with E-state index in [-0.39, 0.29) is 43.1 Å². The Kier molecular flexibility index (Phi) is 40.6. The standard InChI is InChI=1S/C52H91NO7/c1-6-8-10-12-14-16-18-20-22-23-24-25-26-27-29-30-32-34-36-38-40-42-50(54)59-47-48(46-58-45-44-49(52(56)57)53(3,4)5)60-51(55)43-41-39-37-35-33-31-28-21-19-17-15-13-11-9-7-2/h9,11,15,17,21,28,33,35,39,41,48-49H,6-8,10,12-14,16,18-20,22-27,29-32,34,36-38,40,42-47H2,1-5H3/b11-9-,17-15-,28-21-,35-33-,41-39-. The highest BCUT2D eigenvalue weighted by Gasteiger charge is 2.25. The largest absolute Gasteiger partial charge is 0.544 e. The van der Waals surface area contributed by atoms with Crippen molar-refractivity contribution in [2.45, 2.75) is 212 Å². The first-order valence-electron chi connectivity index (χ1n) is 24.3. The van der Waals surface area contributed by atoms with E-state index in [1.807, 2.05) is 6.08 Å². The molecule has 0 aliphatic carbocycles. The van der Waals surface area contributed by atoms with E-state index in [1.54, 1.807) is 27.2 Å². The maximum Gasteiger partial charge on any atom is 0.310 e. The van der Waals surface area contributed by atoms with Gasteiger partial charge in [-0.05, 0) is 38.5 Å². The second-order valence-electron chi connectivity index (χ2n) is 17.3. The quantitative estimate of drug-likeness (QED) is 0.0261. The number of carboxylic acids is 1. The maximum absolute atomic E-state index is 12.7. The van der Waals surface area contributed by atoms with Gasteiger partial charge in [0.25, 0.3) is 0 Å². The van der Waals surface area contributed by atoms with Crippen LogP contribution in [0, 0.1) is 0 Å². The molecule has 0 heterocycles. The molecule has 0 radical (unpaired) electrons. The molecule has 8 heteroatoms. The number of aliphatic carboxylic acids is 1. The van der Waals surface area contributed by atoms with Crippen LogP contribution in [0.4, 0.5) is 0 Å². The van der Waals surface area contributed by atoms with Crippen LogP contribution in [0.3, 0.4) is 0 Å². The number of unbranched alkanes of at least 4 members (excludes halogenated alkanes) is 20. The minimum atomic E-state index is -1.14. The van der Waals surface area contributed by atoms with Gasteiger partial charge in [-0.1, -0.05) is 203 Å². The van der Waals surface area contributed by atoms with Gasteiger partial charge in [0.1, 0.15) is 12.6 Å². The van der Waals surface area contributed by atoms with Gasteiger partial charge in [0.05, 0.1) is 46.7 Å². The van der Waals surface area contributed by atoms with E-state index in [2.05, 4.69) is 62.5 Å². The Morgan fingerprint density at radius 3 is 1.32 bits per heavy atom. The lowest BCUT2D eigenvalue weighted by Crippen LogP contribution is -2.55. The van der Waals surface area contributed by atoms with Gasteiger partial charge in [0.15, 0.2) is 6.10 Å². The molecule has 0 spiro atoms. The predicted molar refractivity (Wildman–Crippen MR) is 249 cm³/mol. The van der Waals surface area contributed by atoms with Crippen molar-refractivity contribution in [3.05, 3.63) is 60.8 Å². The summed E-state index contributed by atoms with van der Waals surface area (Å²) in [4.78, 5) is 36.9. The number of allylic oxidation sites excluding steroid dienone is 9. The van der Waals surface area contributed by atoms with Crippen LogP contribution in [-0.4, -0.2) is 75.5 Å². The van der Waals surface area contributed by atoms with Crippen LogP contribution < -0.4 is 5.11 Å². The first kappa shape index (κ1) is 57.0. The van der Waals surface area contributed by atoms with Crippen LogP contribution in [0.15, 0.2) is 60.8 Å². The summed E-state index contributed by atoms with van der Waals surface area (Å²) in [5.74, 6) is -1.89. The Morgan fingerprint density at radius 2 is 0.917 bits per heavy atom. The Morgan fingerprint density at radius 1 is 0.517 bits per heavy atom. The number of ether oxygens (including phenoxy) is 3. The summed E-state index contributed by atoms with van der Waals surface area (Å²) >= 11 is 0. The lowest BCUT2D eigenvalue weighted by Gasteiger charge is -2.34. The smallest absolute Gasteiger partial charge is 0.310 e.